The number of likely N-dealkylation sites (N-methyl/N-ethyl adjacent to an activating group) is 1. The highest BCUT2D eigenvalue weighted by molar-refractivity contribution is 6.07. The SMILES string of the molecule is CC(C)NC(=O)C[NH+](C)CN1C(=O)NC(Cc2ccccc2)(Cc2ccccc2)C1=O. The zero-order valence-electron chi connectivity index (χ0n) is 18.4. The van der Waals surface area contributed by atoms with Crippen LogP contribution in [0, 0.1) is 0 Å². The summed E-state index contributed by atoms with van der Waals surface area (Å²) in [5, 5.41) is 5.82. The first-order valence-corrected chi connectivity index (χ1v) is 10.6. The monoisotopic (exact) mass is 423 g/mol. The van der Waals surface area contributed by atoms with Crippen molar-refractivity contribution in [1.82, 2.24) is 15.5 Å². The smallest absolute Gasteiger partial charge is 0.329 e. The van der Waals surface area contributed by atoms with E-state index in [1.54, 1.807) is 7.05 Å². The highest BCUT2D eigenvalue weighted by atomic mass is 16.2. The first-order valence-electron chi connectivity index (χ1n) is 10.6. The predicted molar refractivity (Wildman–Crippen MR) is 118 cm³/mol. The number of rotatable bonds is 9. The Labute approximate surface area is 183 Å². The zero-order valence-corrected chi connectivity index (χ0v) is 18.4. The highest BCUT2D eigenvalue weighted by Gasteiger charge is 2.52. The molecular formula is C24H31N4O3+. The van der Waals surface area contributed by atoms with E-state index in [4.69, 9.17) is 0 Å². The minimum atomic E-state index is -1.06. The Hall–Kier alpha value is -3.19. The molecule has 0 radical (unpaired) electrons. The molecule has 0 aromatic heterocycles. The lowest BCUT2D eigenvalue weighted by atomic mass is 9.84. The fraction of sp³-hybridized carbons (Fsp3) is 0.375. The number of hydrogen-bond donors (Lipinski definition) is 3. The Morgan fingerprint density at radius 1 is 1.00 bits per heavy atom. The molecule has 0 bridgehead atoms. The summed E-state index contributed by atoms with van der Waals surface area (Å²) >= 11 is 0. The molecule has 7 nitrogen and oxygen atoms in total. The van der Waals surface area contributed by atoms with Gasteiger partial charge in [0.05, 0.1) is 7.05 Å². The van der Waals surface area contributed by atoms with E-state index in [1.165, 1.54) is 4.90 Å². The summed E-state index contributed by atoms with van der Waals surface area (Å²) in [5.74, 6) is -0.367. The number of benzene rings is 2. The Morgan fingerprint density at radius 2 is 1.52 bits per heavy atom. The number of quaternary nitrogens is 1. The Balaban J connectivity index is 1.80. The number of urea groups is 1. The number of carbonyl (C=O) groups excluding carboxylic acids is 3. The van der Waals surface area contributed by atoms with Crippen LogP contribution in [0.3, 0.4) is 0 Å². The van der Waals surface area contributed by atoms with Crippen LogP contribution in [0.25, 0.3) is 0 Å². The van der Waals surface area contributed by atoms with E-state index in [9.17, 15) is 14.4 Å². The van der Waals surface area contributed by atoms with Gasteiger partial charge in [0.2, 0.25) is 0 Å². The summed E-state index contributed by atoms with van der Waals surface area (Å²) in [4.78, 5) is 40.5. The van der Waals surface area contributed by atoms with Crippen molar-refractivity contribution in [3.05, 3.63) is 71.8 Å². The average Bonchev–Trinajstić information content (AvgIpc) is 2.92. The number of nitrogens with zero attached hydrogens (tertiary/aromatic N) is 1. The van der Waals surface area contributed by atoms with E-state index in [0.29, 0.717) is 12.8 Å². The van der Waals surface area contributed by atoms with Crippen molar-refractivity contribution in [2.75, 3.05) is 20.3 Å². The van der Waals surface area contributed by atoms with Gasteiger partial charge in [0.1, 0.15) is 5.54 Å². The quantitative estimate of drug-likeness (QED) is 0.521. The third kappa shape index (κ3) is 5.70. The Kier molecular flexibility index (Phi) is 7.07. The highest BCUT2D eigenvalue weighted by Crippen LogP contribution is 2.26. The van der Waals surface area contributed by atoms with E-state index in [0.717, 1.165) is 16.0 Å². The average molecular weight is 424 g/mol. The maximum absolute atomic E-state index is 13.6. The zero-order chi connectivity index (χ0) is 22.4. The topological polar surface area (TPSA) is 82.9 Å². The predicted octanol–water partition coefficient (Wildman–Crippen LogP) is 0.759. The van der Waals surface area contributed by atoms with Gasteiger partial charge in [0.15, 0.2) is 13.2 Å². The maximum Gasteiger partial charge on any atom is 0.329 e. The van der Waals surface area contributed by atoms with Crippen LogP contribution in [0.2, 0.25) is 0 Å². The summed E-state index contributed by atoms with van der Waals surface area (Å²) in [5.41, 5.74) is 0.900. The first kappa shape index (κ1) is 22.5. The molecule has 3 N–H and O–H groups in total. The van der Waals surface area contributed by atoms with Crippen LogP contribution in [0.5, 0.6) is 0 Å². The molecule has 4 amide bonds. The summed E-state index contributed by atoms with van der Waals surface area (Å²) < 4.78 is 0. The Bertz CT molecular complexity index is 873. The van der Waals surface area contributed by atoms with Crippen LogP contribution in [0.1, 0.15) is 25.0 Å². The fourth-order valence-electron chi connectivity index (χ4n) is 3.98. The second-order valence-corrected chi connectivity index (χ2v) is 8.58. The molecule has 0 aliphatic carbocycles. The molecule has 1 unspecified atom stereocenters. The van der Waals surface area contributed by atoms with Crippen LogP contribution in [0.15, 0.2) is 60.7 Å². The van der Waals surface area contributed by atoms with E-state index in [1.807, 2.05) is 74.5 Å². The Morgan fingerprint density at radius 3 is 2.00 bits per heavy atom. The van der Waals surface area contributed by atoms with Gasteiger partial charge in [-0.25, -0.2) is 9.69 Å². The van der Waals surface area contributed by atoms with Crippen molar-refractivity contribution >= 4 is 17.8 Å². The molecule has 1 atom stereocenters. The number of nitrogens with one attached hydrogen (secondary N) is 3. The van der Waals surface area contributed by atoms with Crippen LogP contribution >= 0.6 is 0 Å². The minimum absolute atomic E-state index is 0.0430. The molecule has 1 fully saturated rings. The van der Waals surface area contributed by atoms with Crippen LogP contribution in [-0.2, 0) is 22.4 Å². The molecule has 3 rings (SSSR count). The normalized spacial score (nSPS) is 16.3. The molecule has 164 valence electrons. The molecule has 1 aliphatic rings. The van der Waals surface area contributed by atoms with Crippen molar-refractivity contribution < 1.29 is 19.3 Å². The number of amides is 4. The first-order chi connectivity index (χ1) is 14.8. The van der Waals surface area contributed by atoms with Gasteiger partial charge in [-0.2, -0.15) is 0 Å². The van der Waals surface area contributed by atoms with Gasteiger partial charge in [-0.3, -0.25) is 9.59 Å². The maximum atomic E-state index is 13.6. The molecule has 31 heavy (non-hydrogen) atoms. The lowest BCUT2D eigenvalue weighted by Crippen LogP contribution is -3.12. The molecule has 2 aromatic carbocycles. The second-order valence-electron chi connectivity index (χ2n) is 8.58. The molecule has 1 heterocycles. The van der Waals surface area contributed by atoms with E-state index < -0.39 is 11.6 Å². The third-order valence-corrected chi connectivity index (χ3v) is 5.28. The van der Waals surface area contributed by atoms with Gasteiger partial charge < -0.3 is 15.5 Å². The number of hydrogen-bond acceptors (Lipinski definition) is 3. The fourth-order valence-corrected chi connectivity index (χ4v) is 3.98. The van der Waals surface area contributed by atoms with Crippen LogP contribution in [0.4, 0.5) is 4.79 Å². The van der Waals surface area contributed by atoms with Gasteiger partial charge in [-0.15, -0.1) is 0 Å². The van der Waals surface area contributed by atoms with Crippen molar-refractivity contribution in [2.24, 2.45) is 0 Å². The van der Waals surface area contributed by atoms with Gasteiger partial charge >= 0.3 is 6.03 Å². The second kappa shape index (κ2) is 9.75. The van der Waals surface area contributed by atoms with Crippen molar-refractivity contribution in [3.63, 3.8) is 0 Å². The molecule has 7 heteroatoms. The van der Waals surface area contributed by atoms with Gasteiger partial charge in [-0.1, -0.05) is 60.7 Å². The van der Waals surface area contributed by atoms with Crippen LogP contribution < -0.4 is 15.5 Å². The summed E-state index contributed by atoms with van der Waals surface area (Å²) in [6.45, 7) is 4.10. The summed E-state index contributed by atoms with van der Waals surface area (Å²) in [7, 11) is 1.80. The standard InChI is InChI=1S/C24H30N4O3/c1-18(2)25-21(29)16-27(3)17-28-22(30)24(26-23(28)31,14-19-10-6-4-7-11-19)15-20-12-8-5-9-13-20/h4-13,18H,14-17H2,1-3H3,(H,25,29)(H,26,31)/p+1. The molecular weight excluding hydrogens is 392 g/mol. The largest absolute Gasteiger partial charge is 0.349 e. The van der Waals surface area contributed by atoms with Crippen molar-refractivity contribution in [1.29, 1.82) is 0 Å². The number of imide groups is 1. The molecule has 2 aromatic rings. The van der Waals surface area contributed by atoms with Crippen molar-refractivity contribution in [2.45, 2.75) is 38.3 Å². The van der Waals surface area contributed by atoms with E-state index >= 15 is 0 Å². The summed E-state index contributed by atoms with van der Waals surface area (Å²) in [6, 6.07) is 19.0. The van der Waals surface area contributed by atoms with E-state index in [-0.39, 0.29) is 31.1 Å². The van der Waals surface area contributed by atoms with Gasteiger partial charge in [0, 0.05) is 18.9 Å². The lowest BCUT2D eigenvalue weighted by Gasteiger charge is -2.27. The molecule has 0 spiro atoms. The number of carbonyl (C=O) groups is 3. The minimum Gasteiger partial charge on any atom is -0.349 e. The van der Waals surface area contributed by atoms with Crippen molar-refractivity contribution in [3.8, 4) is 0 Å². The van der Waals surface area contributed by atoms with Gasteiger partial charge in [0.25, 0.3) is 11.8 Å². The lowest BCUT2D eigenvalue weighted by molar-refractivity contribution is -0.879. The van der Waals surface area contributed by atoms with Gasteiger partial charge in [-0.05, 0) is 25.0 Å². The molecule has 1 aliphatic heterocycles. The van der Waals surface area contributed by atoms with E-state index in [2.05, 4.69) is 10.6 Å². The third-order valence-electron chi connectivity index (χ3n) is 5.28. The van der Waals surface area contributed by atoms with Crippen LogP contribution in [-0.4, -0.2) is 54.6 Å². The summed E-state index contributed by atoms with van der Waals surface area (Å²) in [6.07, 6.45) is 0.799. The molecule has 1 saturated heterocycles. The molecule has 0 saturated carbocycles.